The lowest BCUT2D eigenvalue weighted by Crippen LogP contribution is -2.02. The summed E-state index contributed by atoms with van der Waals surface area (Å²) in [6.45, 7) is 7.37. The van der Waals surface area contributed by atoms with Gasteiger partial charge in [-0.15, -0.1) is 0 Å². The van der Waals surface area contributed by atoms with Gasteiger partial charge >= 0.3 is 0 Å². The largest absolute Gasteiger partial charge is 0.507 e. The number of sulfone groups is 1. The number of hydrogen-bond donors (Lipinski definition) is 2. The van der Waals surface area contributed by atoms with Gasteiger partial charge in [0, 0.05) is 0 Å². The van der Waals surface area contributed by atoms with Gasteiger partial charge in [-0.1, -0.05) is 24.3 Å². The van der Waals surface area contributed by atoms with Crippen LogP contribution in [0.3, 0.4) is 0 Å². The second-order valence-electron chi connectivity index (χ2n) is 8.47. The minimum atomic E-state index is -3.66. The molecular formula is C28H26O4S. The van der Waals surface area contributed by atoms with E-state index in [1.807, 2.05) is 52.0 Å². The first-order valence-electron chi connectivity index (χ1n) is 10.6. The van der Waals surface area contributed by atoms with Gasteiger partial charge in [0.2, 0.25) is 9.84 Å². The maximum atomic E-state index is 13.2. The van der Waals surface area contributed by atoms with E-state index >= 15 is 0 Å². The van der Waals surface area contributed by atoms with Gasteiger partial charge < -0.3 is 10.2 Å². The van der Waals surface area contributed by atoms with Crippen molar-refractivity contribution in [3.05, 3.63) is 95.1 Å². The van der Waals surface area contributed by atoms with Crippen molar-refractivity contribution in [2.24, 2.45) is 0 Å². The molecule has 168 valence electrons. The Morgan fingerprint density at radius 1 is 0.485 bits per heavy atom. The van der Waals surface area contributed by atoms with Gasteiger partial charge in [0.25, 0.3) is 0 Å². The molecule has 0 saturated carbocycles. The van der Waals surface area contributed by atoms with Crippen molar-refractivity contribution in [1.29, 1.82) is 0 Å². The summed E-state index contributed by atoms with van der Waals surface area (Å²) in [7, 11) is -3.66. The SMILES string of the molecule is Cc1cc(-c2ccc(S(=O)(=O)c3ccc(-c4cc(C)c(O)c(C)c4)cc3)cc2)cc(C)c1O. The molecule has 4 aromatic carbocycles. The number of benzene rings is 4. The summed E-state index contributed by atoms with van der Waals surface area (Å²) in [5.74, 6) is 0.554. The predicted molar refractivity (Wildman–Crippen MR) is 131 cm³/mol. The Morgan fingerprint density at radius 2 is 0.758 bits per heavy atom. The maximum absolute atomic E-state index is 13.2. The Kier molecular flexibility index (Phi) is 5.76. The van der Waals surface area contributed by atoms with E-state index < -0.39 is 9.84 Å². The van der Waals surface area contributed by atoms with Crippen molar-refractivity contribution in [2.45, 2.75) is 37.5 Å². The van der Waals surface area contributed by atoms with Crippen molar-refractivity contribution >= 4 is 9.84 Å². The van der Waals surface area contributed by atoms with Gasteiger partial charge in [-0.3, -0.25) is 0 Å². The van der Waals surface area contributed by atoms with Gasteiger partial charge in [0.15, 0.2) is 0 Å². The van der Waals surface area contributed by atoms with Crippen LogP contribution in [0.25, 0.3) is 22.3 Å². The highest BCUT2D eigenvalue weighted by atomic mass is 32.2. The average Bonchev–Trinajstić information content (AvgIpc) is 2.80. The summed E-state index contributed by atoms with van der Waals surface area (Å²) in [6, 6.07) is 21.1. The quantitative estimate of drug-likeness (QED) is 0.366. The van der Waals surface area contributed by atoms with Crippen molar-refractivity contribution in [1.82, 2.24) is 0 Å². The van der Waals surface area contributed by atoms with Crippen LogP contribution in [0.1, 0.15) is 22.3 Å². The molecule has 0 radical (unpaired) electrons. The molecule has 0 aliphatic heterocycles. The Morgan fingerprint density at radius 3 is 1.03 bits per heavy atom. The molecule has 0 fully saturated rings. The van der Waals surface area contributed by atoms with E-state index in [1.165, 1.54) is 0 Å². The minimum absolute atomic E-state index is 0.225. The van der Waals surface area contributed by atoms with Gasteiger partial charge in [0.05, 0.1) is 9.79 Å². The Hall–Kier alpha value is -3.57. The molecule has 4 nitrogen and oxygen atoms in total. The molecular weight excluding hydrogens is 432 g/mol. The molecule has 0 atom stereocenters. The second kappa shape index (κ2) is 8.41. The summed E-state index contributed by atoms with van der Waals surface area (Å²) in [6.07, 6.45) is 0. The zero-order chi connectivity index (χ0) is 23.9. The standard InChI is InChI=1S/C28H26O4S/c1-17-13-23(14-18(2)27(17)29)21-5-9-25(10-6-21)33(31,32)26-11-7-22(8-12-26)24-15-19(3)28(30)20(4)16-24/h5-16,29-30H,1-4H3. The number of phenolic OH excluding ortho intramolecular Hbond substituents is 2. The van der Waals surface area contributed by atoms with Gasteiger partial charge in [-0.05, 0) is 121 Å². The summed E-state index contributed by atoms with van der Waals surface area (Å²) in [4.78, 5) is 0.449. The third-order valence-corrected chi connectivity index (χ3v) is 7.76. The molecule has 0 aliphatic carbocycles. The summed E-state index contributed by atoms with van der Waals surface area (Å²) in [5, 5.41) is 20.0. The van der Waals surface area contributed by atoms with Crippen LogP contribution in [0.5, 0.6) is 11.5 Å². The minimum Gasteiger partial charge on any atom is -0.507 e. The molecule has 0 unspecified atom stereocenters. The molecule has 0 spiro atoms. The highest BCUT2D eigenvalue weighted by Gasteiger charge is 2.18. The Bertz CT molecular complexity index is 1300. The van der Waals surface area contributed by atoms with Crippen molar-refractivity contribution in [3.8, 4) is 33.8 Å². The number of phenols is 2. The number of hydrogen-bond acceptors (Lipinski definition) is 4. The van der Waals surface area contributed by atoms with E-state index in [0.29, 0.717) is 0 Å². The third-order valence-electron chi connectivity index (χ3n) is 5.98. The molecule has 33 heavy (non-hydrogen) atoms. The van der Waals surface area contributed by atoms with Crippen LogP contribution in [0.15, 0.2) is 82.6 Å². The van der Waals surface area contributed by atoms with Crippen LogP contribution in [0.4, 0.5) is 0 Å². The summed E-state index contributed by atoms with van der Waals surface area (Å²) >= 11 is 0. The summed E-state index contributed by atoms with van der Waals surface area (Å²) < 4.78 is 26.3. The smallest absolute Gasteiger partial charge is 0.206 e. The van der Waals surface area contributed by atoms with E-state index in [2.05, 4.69) is 0 Å². The van der Waals surface area contributed by atoms with E-state index in [-0.39, 0.29) is 21.3 Å². The first-order chi connectivity index (χ1) is 15.6. The Labute approximate surface area is 194 Å². The maximum Gasteiger partial charge on any atom is 0.206 e. The number of aromatic hydroxyl groups is 2. The summed E-state index contributed by atoms with van der Waals surface area (Å²) in [5.41, 5.74) is 6.73. The fourth-order valence-electron chi connectivity index (χ4n) is 4.03. The lowest BCUT2D eigenvalue weighted by molar-refractivity contribution is 0.466. The lowest BCUT2D eigenvalue weighted by atomic mass is 10.00. The van der Waals surface area contributed by atoms with Crippen LogP contribution in [0.2, 0.25) is 0 Å². The highest BCUT2D eigenvalue weighted by Crippen LogP contribution is 2.32. The fourth-order valence-corrected chi connectivity index (χ4v) is 5.30. The third kappa shape index (κ3) is 4.24. The van der Waals surface area contributed by atoms with Crippen LogP contribution in [-0.2, 0) is 9.84 Å². The van der Waals surface area contributed by atoms with Crippen molar-refractivity contribution in [2.75, 3.05) is 0 Å². The van der Waals surface area contributed by atoms with Gasteiger partial charge in [-0.2, -0.15) is 0 Å². The zero-order valence-corrected chi connectivity index (χ0v) is 19.9. The van der Waals surface area contributed by atoms with Crippen molar-refractivity contribution < 1.29 is 18.6 Å². The molecule has 0 heterocycles. The average molecular weight is 459 g/mol. The topological polar surface area (TPSA) is 74.6 Å². The molecule has 4 aromatic rings. The highest BCUT2D eigenvalue weighted by molar-refractivity contribution is 7.91. The zero-order valence-electron chi connectivity index (χ0n) is 19.0. The first kappa shape index (κ1) is 22.6. The van der Waals surface area contributed by atoms with E-state index in [9.17, 15) is 18.6 Å². The van der Waals surface area contributed by atoms with Crippen LogP contribution in [-0.4, -0.2) is 18.6 Å². The van der Waals surface area contributed by atoms with Crippen LogP contribution in [0, 0.1) is 27.7 Å². The number of rotatable bonds is 4. The first-order valence-corrected chi connectivity index (χ1v) is 12.1. The second-order valence-corrected chi connectivity index (χ2v) is 10.4. The molecule has 0 amide bonds. The molecule has 2 N–H and O–H groups in total. The predicted octanol–water partition coefficient (Wildman–Crippen LogP) is 6.50. The van der Waals surface area contributed by atoms with Gasteiger partial charge in [0.1, 0.15) is 11.5 Å². The Balaban J connectivity index is 1.63. The monoisotopic (exact) mass is 458 g/mol. The molecule has 0 aromatic heterocycles. The normalized spacial score (nSPS) is 11.5. The van der Waals surface area contributed by atoms with E-state index in [0.717, 1.165) is 44.5 Å². The molecule has 5 heteroatoms. The lowest BCUT2D eigenvalue weighted by Gasteiger charge is -2.11. The molecule has 0 saturated heterocycles. The van der Waals surface area contributed by atoms with Crippen LogP contribution < -0.4 is 0 Å². The van der Waals surface area contributed by atoms with Crippen molar-refractivity contribution in [3.63, 3.8) is 0 Å². The fraction of sp³-hybridized carbons (Fsp3) is 0.143. The molecule has 4 rings (SSSR count). The molecule has 0 aliphatic rings. The van der Waals surface area contributed by atoms with E-state index in [1.54, 1.807) is 48.5 Å². The number of aryl methyl sites for hydroxylation is 4. The van der Waals surface area contributed by atoms with E-state index in [4.69, 9.17) is 0 Å². The van der Waals surface area contributed by atoms with Crippen LogP contribution >= 0.6 is 0 Å². The molecule has 0 bridgehead atoms. The van der Waals surface area contributed by atoms with Gasteiger partial charge in [-0.25, -0.2) is 8.42 Å².